The molecule has 0 aliphatic heterocycles. The molecule has 0 saturated heterocycles. The first-order valence-corrected chi connectivity index (χ1v) is 5.32. The molecule has 0 spiro atoms. The number of nitrogens with one attached hydrogen (secondary N) is 1. The predicted octanol–water partition coefficient (Wildman–Crippen LogP) is 1.59. The van der Waals surface area contributed by atoms with Gasteiger partial charge in [0.1, 0.15) is 0 Å². The lowest BCUT2D eigenvalue weighted by Gasteiger charge is -2.08. The smallest absolute Gasteiger partial charge is 0.220 e. The summed E-state index contributed by atoms with van der Waals surface area (Å²) in [5.74, 6) is 0.116. The van der Waals surface area contributed by atoms with E-state index in [9.17, 15) is 4.79 Å². The van der Waals surface area contributed by atoms with Gasteiger partial charge in [0.05, 0.1) is 0 Å². The third-order valence-electron chi connectivity index (χ3n) is 2.10. The number of rotatable bonds is 8. The summed E-state index contributed by atoms with van der Waals surface area (Å²) in [6.45, 7) is 6.27. The SMILES string of the molecule is C=CC(C)NC(=O)CCCCCCN. The van der Waals surface area contributed by atoms with Gasteiger partial charge in [-0.25, -0.2) is 0 Å². The molecule has 0 aromatic carbocycles. The summed E-state index contributed by atoms with van der Waals surface area (Å²) < 4.78 is 0. The summed E-state index contributed by atoms with van der Waals surface area (Å²) in [7, 11) is 0. The van der Waals surface area contributed by atoms with Crippen LogP contribution in [-0.4, -0.2) is 18.5 Å². The summed E-state index contributed by atoms with van der Waals surface area (Å²) in [5.41, 5.74) is 5.36. The summed E-state index contributed by atoms with van der Waals surface area (Å²) in [6, 6.07) is 0.0755. The van der Waals surface area contributed by atoms with Crippen LogP contribution in [0.1, 0.15) is 39.0 Å². The second-order valence-corrected chi connectivity index (χ2v) is 3.54. The Kier molecular flexibility index (Phi) is 8.24. The molecule has 0 aliphatic carbocycles. The highest BCUT2D eigenvalue weighted by Crippen LogP contribution is 2.02. The normalized spacial score (nSPS) is 12.1. The zero-order valence-electron chi connectivity index (χ0n) is 9.09. The van der Waals surface area contributed by atoms with Crippen molar-refractivity contribution < 1.29 is 4.79 Å². The Morgan fingerprint density at radius 2 is 2.07 bits per heavy atom. The maximum atomic E-state index is 11.3. The van der Waals surface area contributed by atoms with Crippen molar-refractivity contribution in [2.45, 2.75) is 45.1 Å². The van der Waals surface area contributed by atoms with Gasteiger partial charge >= 0.3 is 0 Å². The lowest BCUT2D eigenvalue weighted by Crippen LogP contribution is -2.30. The van der Waals surface area contributed by atoms with Crippen molar-refractivity contribution in [2.75, 3.05) is 6.54 Å². The van der Waals surface area contributed by atoms with Crippen LogP contribution in [0.5, 0.6) is 0 Å². The van der Waals surface area contributed by atoms with Crippen LogP contribution in [0, 0.1) is 0 Å². The van der Waals surface area contributed by atoms with Gasteiger partial charge in [0.25, 0.3) is 0 Å². The predicted molar refractivity (Wildman–Crippen MR) is 59.9 cm³/mol. The molecule has 0 fully saturated rings. The molecule has 3 nitrogen and oxygen atoms in total. The van der Waals surface area contributed by atoms with Gasteiger partial charge in [-0.1, -0.05) is 18.9 Å². The first kappa shape index (κ1) is 13.2. The highest BCUT2D eigenvalue weighted by molar-refractivity contribution is 5.76. The number of amides is 1. The quantitative estimate of drug-likeness (QED) is 0.459. The van der Waals surface area contributed by atoms with Crippen molar-refractivity contribution in [3.05, 3.63) is 12.7 Å². The zero-order chi connectivity index (χ0) is 10.8. The van der Waals surface area contributed by atoms with Crippen LogP contribution in [0.2, 0.25) is 0 Å². The Morgan fingerprint density at radius 3 is 2.64 bits per heavy atom. The molecular formula is C11H22N2O. The average molecular weight is 198 g/mol. The number of unbranched alkanes of at least 4 members (excludes halogenated alkanes) is 3. The Labute approximate surface area is 86.8 Å². The highest BCUT2D eigenvalue weighted by atomic mass is 16.1. The van der Waals surface area contributed by atoms with E-state index in [-0.39, 0.29) is 11.9 Å². The lowest BCUT2D eigenvalue weighted by molar-refractivity contribution is -0.121. The monoisotopic (exact) mass is 198 g/mol. The van der Waals surface area contributed by atoms with Gasteiger partial charge in [0, 0.05) is 12.5 Å². The molecule has 82 valence electrons. The topological polar surface area (TPSA) is 55.1 Å². The van der Waals surface area contributed by atoms with Crippen molar-refractivity contribution in [1.29, 1.82) is 0 Å². The molecular weight excluding hydrogens is 176 g/mol. The maximum absolute atomic E-state index is 11.3. The molecule has 1 unspecified atom stereocenters. The van der Waals surface area contributed by atoms with Gasteiger partial charge in [-0.05, 0) is 26.3 Å². The van der Waals surface area contributed by atoms with Gasteiger partial charge in [0.2, 0.25) is 5.91 Å². The van der Waals surface area contributed by atoms with Crippen molar-refractivity contribution in [1.82, 2.24) is 5.32 Å². The van der Waals surface area contributed by atoms with Crippen LogP contribution < -0.4 is 11.1 Å². The fourth-order valence-corrected chi connectivity index (χ4v) is 1.17. The van der Waals surface area contributed by atoms with Crippen LogP contribution in [0.3, 0.4) is 0 Å². The van der Waals surface area contributed by atoms with E-state index in [1.165, 1.54) is 0 Å². The zero-order valence-corrected chi connectivity index (χ0v) is 9.09. The minimum Gasteiger partial charge on any atom is -0.350 e. The van der Waals surface area contributed by atoms with Crippen LogP contribution in [0.25, 0.3) is 0 Å². The summed E-state index contributed by atoms with van der Waals surface area (Å²) in [5, 5.41) is 2.84. The average Bonchev–Trinajstić information content (AvgIpc) is 2.17. The van der Waals surface area contributed by atoms with E-state index in [4.69, 9.17) is 5.73 Å². The highest BCUT2D eigenvalue weighted by Gasteiger charge is 2.02. The van der Waals surface area contributed by atoms with Crippen LogP contribution in [0.15, 0.2) is 12.7 Å². The Balaban J connectivity index is 3.31. The molecule has 0 rings (SSSR count). The largest absolute Gasteiger partial charge is 0.350 e. The molecule has 1 atom stereocenters. The standard InChI is InChI=1S/C11H22N2O/c1-3-10(2)13-11(14)8-6-4-5-7-9-12/h3,10H,1,4-9,12H2,2H3,(H,13,14). The van der Waals surface area contributed by atoms with Gasteiger partial charge in [-0.3, -0.25) is 4.79 Å². The summed E-state index contributed by atoms with van der Waals surface area (Å²) >= 11 is 0. The van der Waals surface area contributed by atoms with Gasteiger partial charge in [-0.2, -0.15) is 0 Å². The number of hydrogen-bond donors (Lipinski definition) is 2. The fourth-order valence-electron chi connectivity index (χ4n) is 1.17. The van der Waals surface area contributed by atoms with E-state index < -0.39 is 0 Å². The second-order valence-electron chi connectivity index (χ2n) is 3.54. The number of carbonyl (C=O) groups is 1. The molecule has 0 radical (unpaired) electrons. The number of hydrogen-bond acceptors (Lipinski definition) is 2. The van der Waals surface area contributed by atoms with Crippen molar-refractivity contribution in [3.63, 3.8) is 0 Å². The Bertz CT molecular complexity index is 169. The van der Waals surface area contributed by atoms with Crippen LogP contribution in [-0.2, 0) is 4.79 Å². The van der Waals surface area contributed by atoms with E-state index in [0.717, 1.165) is 32.2 Å². The number of nitrogens with two attached hydrogens (primary N) is 1. The summed E-state index contributed by atoms with van der Waals surface area (Å²) in [4.78, 5) is 11.3. The molecule has 1 amide bonds. The fraction of sp³-hybridized carbons (Fsp3) is 0.727. The minimum absolute atomic E-state index is 0.0755. The Hall–Kier alpha value is -0.830. The molecule has 3 heteroatoms. The lowest BCUT2D eigenvalue weighted by atomic mass is 10.1. The van der Waals surface area contributed by atoms with E-state index in [0.29, 0.717) is 6.42 Å². The Morgan fingerprint density at radius 1 is 1.43 bits per heavy atom. The maximum Gasteiger partial charge on any atom is 0.220 e. The molecule has 0 aliphatic rings. The van der Waals surface area contributed by atoms with Gasteiger partial charge < -0.3 is 11.1 Å². The molecule has 3 N–H and O–H groups in total. The van der Waals surface area contributed by atoms with Crippen molar-refractivity contribution in [3.8, 4) is 0 Å². The minimum atomic E-state index is 0.0755. The molecule has 0 saturated carbocycles. The van der Waals surface area contributed by atoms with Crippen LogP contribution >= 0.6 is 0 Å². The van der Waals surface area contributed by atoms with E-state index >= 15 is 0 Å². The van der Waals surface area contributed by atoms with Crippen molar-refractivity contribution >= 4 is 5.91 Å². The molecule has 14 heavy (non-hydrogen) atoms. The third kappa shape index (κ3) is 7.80. The van der Waals surface area contributed by atoms with Gasteiger partial charge in [-0.15, -0.1) is 6.58 Å². The molecule has 0 aromatic rings. The van der Waals surface area contributed by atoms with E-state index in [1.54, 1.807) is 6.08 Å². The summed E-state index contributed by atoms with van der Waals surface area (Å²) in [6.07, 6.45) is 6.57. The third-order valence-corrected chi connectivity index (χ3v) is 2.10. The first-order valence-electron chi connectivity index (χ1n) is 5.32. The number of carbonyl (C=O) groups excluding carboxylic acids is 1. The van der Waals surface area contributed by atoms with E-state index in [1.807, 2.05) is 6.92 Å². The molecule has 0 bridgehead atoms. The van der Waals surface area contributed by atoms with E-state index in [2.05, 4.69) is 11.9 Å². The van der Waals surface area contributed by atoms with Gasteiger partial charge in [0.15, 0.2) is 0 Å². The van der Waals surface area contributed by atoms with Crippen molar-refractivity contribution in [2.24, 2.45) is 5.73 Å². The molecule has 0 aromatic heterocycles. The molecule has 0 heterocycles. The second kappa shape index (κ2) is 8.75. The first-order chi connectivity index (χ1) is 6.70. The van der Waals surface area contributed by atoms with Crippen LogP contribution in [0.4, 0.5) is 0 Å².